The van der Waals surface area contributed by atoms with Crippen molar-refractivity contribution >= 4 is 42.2 Å². The van der Waals surface area contributed by atoms with Crippen molar-refractivity contribution in [1.29, 1.82) is 0 Å². The van der Waals surface area contributed by atoms with Gasteiger partial charge in [0.25, 0.3) is 5.91 Å². The first-order valence-electron chi connectivity index (χ1n) is 21.5. The van der Waals surface area contributed by atoms with E-state index in [4.69, 9.17) is 14.6 Å². The number of para-hydroxylation sites is 1. The number of hydrogen-bond donors (Lipinski definition) is 1. The number of carbonyl (C=O) groups is 2. The molecule has 62 heavy (non-hydrogen) atoms. The first kappa shape index (κ1) is 41.2. The van der Waals surface area contributed by atoms with Crippen molar-refractivity contribution in [2.45, 2.75) is 75.5 Å². The van der Waals surface area contributed by atoms with E-state index in [9.17, 15) is 9.90 Å². The molecule has 1 unspecified atom stereocenters. The van der Waals surface area contributed by atoms with Crippen LogP contribution in [0.15, 0.2) is 145 Å². The van der Waals surface area contributed by atoms with Gasteiger partial charge in [-0.1, -0.05) is 134 Å². The molecule has 9 rings (SSSR count). The van der Waals surface area contributed by atoms with Crippen molar-refractivity contribution in [3.63, 3.8) is 0 Å². The fourth-order valence-corrected chi connectivity index (χ4v) is 14.2. The molecular weight excluding hydrogens is 793 g/mol. The number of hydrogen-bond acceptors (Lipinski definition) is 8. The maximum atomic E-state index is 15.5. The molecule has 1 spiro atoms. The van der Waals surface area contributed by atoms with Crippen LogP contribution in [-0.2, 0) is 33.0 Å². The van der Waals surface area contributed by atoms with Crippen LogP contribution < -0.4 is 19.8 Å². The van der Waals surface area contributed by atoms with Gasteiger partial charge in [-0.05, 0) is 59.0 Å². The number of aryl methyl sites for hydroxylation is 1. The Labute approximate surface area is 363 Å². The summed E-state index contributed by atoms with van der Waals surface area (Å²) in [7, 11) is -0.716. The minimum atomic E-state index is -2.39. The fraction of sp³-hybridized carbons (Fsp3) is 0.300. The summed E-state index contributed by atoms with van der Waals surface area (Å²) in [6.07, 6.45) is 3.18. The fourth-order valence-electron chi connectivity index (χ4n) is 10.2. The summed E-state index contributed by atoms with van der Waals surface area (Å²) in [5.41, 5.74) is 5.60. The Balaban J connectivity index is 1.04. The highest BCUT2D eigenvalue weighted by atomic mass is 28.3. The van der Waals surface area contributed by atoms with Crippen LogP contribution in [0.25, 0.3) is 0 Å². The van der Waals surface area contributed by atoms with Crippen molar-refractivity contribution in [3.05, 3.63) is 168 Å². The van der Waals surface area contributed by atoms with E-state index in [2.05, 4.69) is 48.5 Å². The molecule has 5 atom stereocenters. The average Bonchev–Trinajstić information content (AvgIpc) is 3.97. The van der Waals surface area contributed by atoms with Crippen LogP contribution in [0.4, 0.5) is 11.4 Å². The predicted molar refractivity (Wildman–Crippen MR) is 243 cm³/mol. The van der Waals surface area contributed by atoms with Crippen LogP contribution in [0.3, 0.4) is 0 Å². The van der Waals surface area contributed by atoms with E-state index < -0.39 is 13.7 Å². The number of carbonyl (C=O) groups excluding carboxylic acids is 2. The minimum Gasteiger partial charge on any atom is -0.497 e. The summed E-state index contributed by atoms with van der Waals surface area (Å²) in [4.78, 5) is 30.6. The minimum absolute atomic E-state index is 0.0375. The second-order valence-corrected chi connectivity index (χ2v) is 21.9. The maximum Gasteiger partial charge on any atom is 0.264 e. The second kappa shape index (κ2) is 16.9. The van der Waals surface area contributed by atoms with Crippen LogP contribution in [0.5, 0.6) is 5.75 Å². The van der Waals surface area contributed by atoms with E-state index in [0.29, 0.717) is 43.7 Å². The van der Waals surface area contributed by atoms with Crippen molar-refractivity contribution < 1.29 is 24.2 Å². The highest BCUT2D eigenvalue weighted by Crippen LogP contribution is 2.60. The largest absolute Gasteiger partial charge is 0.497 e. The Hall–Kier alpha value is -6.21. The highest BCUT2D eigenvalue weighted by molar-refractivity contribution is 6.91. The number of amides is 2. The zero-order valence-corrected chi connectivity index (χ0v) is 36.6. The molecule has 5 aromatic carbocycles. The molecule has 0 aliphatic carbocycles. The van der Waals surface area contributed by atoms with Gasteiger partial charge in [-0.25, -0.2) is 5.01 Å². The summed E-state index contributed by atoms with van der Waals surface area (Å²) in [5.74, 6) is 0.182. The van der Waals surface area contributed by atoms with Gasteiger partial charge in [0.05, 0.1) is 63.1 Å². The SMILES string of the molecule is COc1ccc([Si](C)(C)[C@H]2[C@H](CCn3cc(C(CO)c4ccccc4)nn3)O[C@@]3(C(=O)N(Cc4cccc(N5N=C(c6ccccc6)CCC5=O)c4)c4ccccc43)[C@@H]2C)cc1. The molecule has 1 aromatic heterocycles. The third-order valence-electron chi connectivity index (χ3n) is 13.3. The first-order valence-corrected chi connectivity index (χ1v) is 24.5. The average molecular weight is 845 g/mol. The molecule has 1 N–H and O–H groups in total. The van der Waals surface area contributed by atoms with Crippen molar-refractivity contribution in [2.75, 3.05) is 23.6 Å². The number of benzene rings is 5. The molecule has 11 nitrogen and oxygen atoms in total. The van der Waals surface area contributed by atoms with Crippen LogP contribution in [0, 0.1) is 5.92 Å². The summed E-state index contributed by atoms with van der Waals surface area (Å²) in [6, 6.07) is 44.0. The normalized spacial score (nSPS) is 21.6. The van der Waals surface area contributed by atoms with E-state index in [1.165, 1.54) is 10.2 Å². The van der Waals surface area contributed by atoms with Gasteiger partial charge in [0, 0.05) is 37.1 Å². The Morgan fingerprint density at radius 1 is 0.887 bits per heavy atom. The smallest absolute Gasteiger partial charge is 0.264 e. The molecule has 12 heteroatoms. The maximum absolute atomic E-state index is 15.5. The van der Waals surface area contributed by atoms with Crippen molar-refractivity contribution in [3.8, 4) is 5.75 Å². The monoisotopic (exact) mass is 844 g/mol. The van der Waals surface area contributed by atoms with Gasteiger partial charge in [-0.3, -0.25) is 14.3 Å². The number of anilines is 2. The second-order valence-electron chi connectivity index (χ2n) is 17.2. The third kappa shape index (κ3) is 7.35. The molecule has 0 bridgehead atoms. The van der Waals surface area contributed by atoms with E-state index in [-0.39, 0.29) is 41.9 Å². The Kier molecular flexibility index (Phi) is 11.2. The number of aromatic nitrogens is 3. The summed E-state index contributed by atoms with van der Waals surface area (Å²) < 4.78 is 14.8. The molecule has 1 fully saturated rings. The zero-order valence-electron chi connectivity index (χ0n) is 35.6. The number of fused-ring (bicyclic) bond motifs is 2. The predicted octanol–water partition coefficient (Wildman–Crippen LogP) is 7.80. The van der Waals surface area contributed by atoms with Gasteiger partial charge < -0.3 is 19.5 Å². The van der Waals surface area contributed by atoms with E-state index in [1.54, 1.807) is 7.11 Å². The molecule has 3 aliphatic rings. The summed E-state index contributed by atoms with van der Waals surface area (Å²) >= 11 is 0. The van der Waals surface area contributed by atoms with Gasteiger partial charge in [0.15, 0.2) is 5.60 Å². The molecule has 0 saturated carbocycles. The number of ether oxygens (including phenoxy) is 2. The number of rotatable bonds is 13. The van der Waals surface area contributed by atoms with E-state index in [0.717, 1.165) is 39.4 Å². The Morgan fingerprint density at radius 2 is 1.61 bits per heavy atom. The Bertz CT molecular complexity index is 2600. The van der Waals surface area contributed by atoms with E-state index in [1.807, 2.05) is 131 Å². The summed E-state index contributed by atoms with van der Waals surface area (Å²) in [6.45, 7) is 7.70. The molecular formula is C50H52N6O5Si. The van der Waals surface area contributed by atoms with Crippen LogP contribution in [-0.4, -0.2) is 65.5 Å². The molecule has 4 heterocycles. The number of hydrazone groups is 1. The van der Waals surface area contributed by atoms with Gasteiger partial charge in [-0.15, -0.1) is 5.10 Å². The number of aliphatic hydroxyl groups is 1. The van der Waals surface area contributed by atoms with Gasteiger partial charge in [0.2, 0.25) is 5.91 Å². The van der Waals surface area contributed by atoms with E-state index >= 15 is 4.79 Å². The molecule has 2 amide bonds. The van der Waals surface area contributed by atoms with Gasteiger partial charge in [-0.2, -0.15) is 5.10 Å². The standard InChI is InChI=1S/C50H52N6O5Si/c1-34-48(62(3,4)40-24-22-39(60-2)23-25-40)46(28-29-54-32-44(51-53-54)41(33-57)36-15-7-5-8-16-36)61-50(34)42-20-11-12-21-45(42)55(49(50)59)31-35-14-13-19-38(30-35)56-47(58)27-26-43(52-56)37-17-9-6-10-18-37/h5-25,30,32,34,41,46,48,57H,26-29,31,33H2,1-4H3/t34-,41?,46+,48-,50+/m1/s1. The lowest BCUT2D eigenvalue weighted by atomic mass is 9.82. The first-order chi connectivity index (χ1) is 30.1. The summed E-state index contributed by atoms with van der Waals surface area (Å²) in [5, 5.41) is 26.9. The molecule has 1 saturated heterocycles. The number of aliphatic hydroxyl groups excluding tert-OH is 1. The molecule has 3 aliphatic heterocycles. The lowest BCUT2D eigenvalue weighted by Gasteiger charge is -2.37. The van der Waals surface area contributed by atoms with Crippen LogP contribution >= 0.6 is 0 Å². The quantitative estimate of drug-likeness (QED) is 0.118. The van der Waals surface area contributed by atoms with Crippen molar-refractivity contribution in [2.24, 2.45) is 11.0 Å². The zero-order chi connectivity index (χ0) is 43.0. The van der Waals surface area contributed by atoms with Crippen LogP contribution in [0.2, 0.25) is 18.6 Å². The molecule has 316 valence electrons. The number of methoxy groups -OCH3 is 1. The van der Waals surface area contributed by atoms with Gasteiger partial charge >= 0.3 is 0 Å². The molecule has 0 radical (unpaired) electrons. The topological polar surface area (TPSA) is 122 Å². The number of nitrogens with zero attached hydrogens (tertiary/aromatic N) is 6. The Morgan fingerprint density at radius 3 is 2.35 bits per heavy atom. The lowest BCUT2D eigenvalue weighted by molar-refractivity contribution is -0.146. The lowest BCUT2D eigenvalue weighted by Crippen LogP contribution is -2.51. The third-order valence-corrected chi connectivity index (χ3v) is 17.7. The van der Waals surface area contributed by atoms with Gasteiger partial charge in [0.1, 0.15) is 5.75 Å². The molecule has 6 aromatic rings. The van der Waals surface area contributed by atoms with Crippen LogP contribution in [0.1, 0.15) is 60.1 Å². The van der Waals surface area contributed by atoms with Crippen molar-refractivity contribution in [1.82, 2.24) is 15.0 Å². The highest BCUT2D eigenvalue weighted by Gasteiger charge is 2.66.